The summed E-state index contributed by atoms with van der Waals surface area (Å²) in [5.41, 5.74) is 0.327. The van der Waals surface area contributed by atoms with Gasteiger partial charge >= 0.3 is 0 Å². The van der Waals surface area contributed by atoms with Gasteiger partial charge in [0, 0.05) is 0 Å². The van der Waals surface area contributed by atoms with Crippen LogP contribution in [0, 0.1) is 18.6 Å². The van der Waals surface area contributed by atoms with Crippen LogP contribution in [0.3, 0.4) is 0 Å². The summed E-state index contributed by atoms with van der Waals surface area (Å²) in [6.45, 7) is 1.53. The minimum atomic E-state index is -0.783. The van der Waals surface area contributed by atoms with E-state index in [0.717, 1.165) is 11.9 Å². The molecule has 1 rings (SSSR count). The Morgan fingerprint density at radius 1 is 1.25 bits per heavy atom. The largest absolute Gasteiger partial charge is 0.263 e. The van der Waals surface area contributed by atoms with E-state index in [1.165, 1.54) is 6.92 Å². The first-order chi connectivity index (χ1) is 5.66. The van der Waals surface area contributed by atoms with E-state index in [2.05, 4.69) is 4.72 Å². The minimum absolute atomic E-state index is 0.278. The van der Waals surface area contributed by atoms with Gasteiger partial charge in [-0.1, -0.05) is 6.07 Å². The molecule has 12 heavy (non-hydrogen) atoms. The van der Waals surface area contributed by atoms with Crippen molar-refractivity contribution in [1.29, 1.82) is 0 Å². The Morgan fingerprint density at radius 3 is 2.50 bits per heavy atom. The maximum absolute atomic E-state index is 13.0. The zero-order valence-electron chi connectivity index (χ0n) is 6.82. The summed E-state index contributed by atoms with van der Waals surface area (Å²) in [6.07, 6.45) is 0. The van der Waals surface area contributed by atoms with Gasteiger partial charge in [0.2, 0.25) is 0 Å². The Labute approximate surface area is 74.3 Å². The van der Waals surface area contributed by atoms with Gasteiger partial charge in [-0.15, -0.1) is 0 Å². The number of hydrogen-bond acceptors (Lipinski definition) is 2. The van der Waals surface area contributed by atoms with Crippen molar-refractivity contribution in [1.82, 2.24) is 4.72 Å². The van der Waals surface area contributed by atoms with Crippen LogP contribution in [0.4, 0.5) is 8.78 Å². The van der Waals surface area contributed by atoms with E-state index in [1.54, 1.807) is 19.2 Å². The molecule has 1 nitrogen and oxygen atoms in total. The van der Waals surface area contributed by atoms with E-state index in [-0.39, 0.29) is 4.90 Å². The fourth-order valence-electron chi connectivity index (χ4n) is 0.817. The molecule has 0 bridgehead atoms. The lowest BCUT2D eigenvalue weighted by molar-refractivity contribution is 0.486. The van der Waals surface area contributed by atoms with E-state index in [1.807, 2.05) is 0 Å². The Bertz CT molecular complexity index is 289. The van der Waals surface area contributed by atoms with Crippen LogP contribution < -0.4 is 4.72 Å². The Kier molecular flexibility index (Phi) is 3.05. The van der Waals surface area contributed by atoms with Gasteiger partial charge in [-0.2, -0.15) is 0 Å². The molecule has 0 aliphatic heterocycles. The van der Waals surface area contributed by atoms with Crippen LogP contribution >= 0.6 is 11.9 Å². The third-order valence-electron chi connectivity index (χ3n) is 1.45. The molecule has 0 unspecified atom stereocenters. The van der Waals surface area contributed by atoms with Gasteiger partial charge in [-0.05, 0) is 37.5 Å². The summed E-state index contributed by atoms with van der Waals surface area (Å²) >= 11 is 1.06. The van der Waals surface area contributed by atoms with Crippen molar-refractivity contribution in [2.75, 3.05) is 7.05 Å². The summed E-state index contributed by atoms with van der Waals surface area (Å²) in [6, 6.07) is 3.10. The zero-order chi connectivity index (χ0) is 9.14. The van der Waals surface area contributed by atoms with Crippen LogP contribution in [0.1, 0.15) is 5.56 Å². The lowest BCUT2D eigenvalue weighted by Gasteiger charge is -2.03. The second-order valence-electron chi connectivity index (χ2n) is 2.31. The van der Waals surface area contributed by atoms with Crippen molar-refractivity contribution in [3.8, 4) is 0 Å². The molecule has 1 aromatic rings. The van der Waals surface area contributed by atoms with Gasteiger partial charge in [-0.25, -0.2) is 8.78 Å². The highest BCUT2D eigenvalue weighted by Crippen LogP contribution is 2.22. The monoisotopic (exact) mass is 189 g/mol. The van der Waals surface area contributed by atoms with Gasteiger partial charge in [0.1, 0.15) is 0 Å². The fraction of sp³-hybridized carbons (Fsp3) is 0.250. The smallest absolute Gasteiger partial charge is 0.173 e. The highest BCUT2D eigenvalue weighted by Gasteiger charge is 2.10. The first-order valence-corrected chi connectivity index (χ1v) is 4.26. The van der Waals surface area contributed by atoms with Crippen molar-refractivity contribution in [3.05, 3.63) is 29.3 Å². The predicted molar refractivity (Wildman–Crippen MR) is 46.0 cm³/mol. The summed E-state index contributed by atoms with van der Waals surface area (Å²) < 4.78 is 28.6. The highest BCUT2D eigenvalue weighted by atomic mass is 32.2. The van der Waals surface area contributed by atoms with Gasteiger partial charge in [0.15, 0.2) is 11.6 Å². The second kappa shape index (κ2) is 3.87. The summed E-state index contributed by atoms with van der Waals surface area (Å²) in [7, 11) is 1.65. The molecule has 0 atom stereocenters. The molecule has 4 heteroatoms. The van der Waals surface area contributed by atoms with Crippen molar-refractivity contribution >= 4 is 11.9 Å². The van der Waals surface area contributed by atoms with Crippen LogP contribution in [-0.2, 0) is 0 Å². The van der Waals surface area contributed by atoms with Crippen molar-refractivity contribution < 1.29 is 8.78 Å². The maximum atomic E-state index is 13.0. The minimum Gasteiger partial charge on any atom is -0.263 e. The topological polar surface area (TPSA) is 12.0 Å². The van der Waals surface area contributed by atoms with E-state index in [0.29, 0.717) is 5.56 Å². The van der Waals surface area contributed by atoms with Crippen LogP contribution in [0.2, 0.25) is 0 Å². The van der Waals surface area contributed by atoms with E-state index in [4.69, 9.17) is 0 Å². The second-order valence-corrected chi connectivity index (χ2v) is 3.37. The normalized spacial score (nSPS) is 10.3. The average Bonchev–Trinajstić information content (AvgIpc) is 2.07. The number of aryl methyl sites for hydroxylation is 1. The van der Waals surface area contributed by atoms with Crippen molar-refractivity contribution in [2.24, 2.45) is 0 Å². The summed E-state index contributed by atoms with van der Waals surface area (Å²) in [4.78, 5) is 0.278. The number of nitrogens with one attached hydrogen (secondary N) is 1. The average molecular weight is 189 g/mol. The molecule has 0 aliphatic rings. The molecular weight excluding hydrogens is 180 g/mol. The lowest BCUT2D eigenvalue weighted by atomic mass is 10.2. The van der Waals surface area contributed by atoms with Crippen LogP contribution in [0.5, 0.6) is 0 Å². The van der Waals surface area contributed by atoms with E-state index >= 15 is 0 Å². The molecule has 1 N–H and O–H groups in total. The third kappa shape index (κ3) is 1.76. The quantitative estimate of drug-likeness (QED) is 0.717. The standard InChI is InChI=1S/C8H9F2NS/c1-5-3-4-6(12-11-2)8(10)7(5)9/h3-4,11H,1-2H3. The SMILES string of the molecule is CNSc1ccc(C)c(F)c1F. The van der Waals surface area contributed by atoms with Gasteiger partial charge in [0.25, 0.3) is 0 Å². The van der Waals surface area contributed by atoms with Crippen LogP contribution in [0.15, 0.2) is 17.0 Å². The van der Waals surface area contributed by atoms with Gasteiger partial charge in [-0.3, -0.25) is 4.72 Å². The summed E-state index contributed by atoms with van der Waals surface area (Å²) in [5, 5.41) is 0. The zero-order valence-corrected chi connectivity index (χ0v) is 7.64. The van der Waals surface area contributed by atoms with Crippen LogP contribution in [-0.4, -0.2) is 7.05 Å². The van der Waals surface area contributed by atoms with Crippen LogP contribution in [0.25, 0.3) is 0 Å². The summed E-state index contributed by atoms with van der Waals surface area (Å²) in [5.74, 6) is -1.55. The number of hydrogen-bond donors (Lipinski definition) is 1. The molecule has 0 spiro atoms. The molecule has 0 heterocycles. The molecule has 0 radical (unpaired) electrons. The number of halogens is 2. The Balaban J connectivity index is 3.08. The van der Waals surface area contributed by atoms with E-state index in [9.17, 15) is 8.78 Å². The van der Waals surface area contributed by atoms with E-state index < -0.39 is 11.6 Å². The lowest BCUT2D eigenvalue weighted by Crippen LogP contribution is -1.96. The molecular formula is C8H9F2NS. The maximum Gasteiger partial charge on any atom is 0.173 e. The fourth-order valence-corrected chi connectivity index (χ4v) is 1.35. The van der Waals surface area contributed by atoms with Crippen molar-refractivity contribution in [2.45, 2.75) is 11.8 Å². The molecule has 0 aliphatic carbocycles. The third-order valence-corrected chi connectivity index (χ3v) is 2.19. The molecule has 66 valence electrons. The Morgan fingerprint density at radius 2 is 1.92 bits per heavy atom. The molecule has 0 amide bonds. The first kappa shape index (κ1) is 9.48. The predicted octanol–water partition coefficient (Wildman–Crippen LogP) is 2.50. The Hall–Kier alpha value is -0.610. The highest BCUT2D eigenvalue weighted by molar-refractivity contribution is 7.97. The van der Waals surface area contributed by atoms with Gasteiger partial charge in [0.05, 0.1) is 4.90 Å². The van der Waals surface area contributed by atoms with Crippen molar-refractivity contribution in [3.63, 3.8) is 0 Å². The number of benzene rings is 1. The molecule has 0 fully saturated rings. The number of rotatable bonds is 2. The molecule has 1 aromatic carbocycles. The van der Waals surface area contributed by atoms with Gasteiger partial charge < -0.3 is 0 Å². The molecule has 0 aromatic heterocycles. The first-order valence-electron chi connectivity index (χ1n) is 3.45. The molecule has 0 saturated heterocycles. The molecule has 0 saturated carbocycles.